The largest absolute Gasteiger partial charge is 0.394 e. The van der Waals surface area contributed by atoms with Gasteiger partial charge in [-0.05, 0) is 26.0 Å². The number of hydrogen-bond acceptors (Lipinski definition) is 2. The highest BCUT2D eigenvalue weighted by molar-refractivity contribution is 5.94. The molecule has 0 radical (unpaired) electrons. The molecular formula is C11H14FNO2. The van der Waals surface area contributed by atoms with Gasteiger partial charge >= 0.3 is 0 Å². The van der Waals surface area contributed by atoms with Crippen LogP contribution in [0.4, 0.5) is 4.39 Å². The van der Waals surface area contributed by atoms with Gasteiger partial charge in [-0.1, -0.05) is 12.1 Å². The van der Waals surface area contributed by atoms with Gasteiger partial charge in [0, 0.05) is 0 Å². The first-order chi connectivity index (χ1) is 6.96. The van der Waals surface area contributed by atoms with Gasteiger partial charge in [0.15, 0.2) is 0 Å². The van der Waals surface area contributed by atoms with E-state index in [0.29, 0.717) is 0 Å². The van der Waals surface area contributed by atoms with E-state index in [2.05, 4.69) is 5.32 Å². The third-order valence-corrected chi connectivity index (χ3v) is 1.97. The molecule has 0 fully saturated rings. The summed E-state index contributed by atoms with van der Waals surface area (Å²) >= 11 is 0. The molecule has 3 nitrogen and oxygen atoms in total. The van der Waals surface area contributed by atoms with Crippen LogP contribution in [0.3, 0.4) is 0 Å². The minimum atomic E-state index is -0.751. The minimum Gasteiger partial charge on any atom is -0.394 e. The van der Waals surface area contributed by atoms with Crippen molar-refractivity contribution >= 4 is 5.91 Å². The van der Waals surface area contributed by atoms with Crippen LogP contribution in [0, 0.1) is 5.82 Å². The normalized spacial score (nSPS) is 11.2. The molecule has 1 aromatic carbocycles. The monoisotopic (exact) mass is 211 g/mol. The predicted molar refractivity (Wildman–Crippen MR) is 55.0 cm³/mol. The molecule has 1 amide bonds. The quantitative estimate of drug-likeness (QED) is 0.792. The summed E-state index contributed by atoms with van der Waals surface area (Å²) in [5, 5.41) is 11.5. The van der Waals surface area contributed by atoms with Crippen LogP contribution in [0.5, 0.6) is 0 Å². The molecule has 0 bridgehead atoms. The summed E-state index contributed by atoms with van der Waals surface area (Å²) < 4.78 is 13.2. The van der Waals surface area contributed by atoms with Crippen LogP contribution in [0.1, 0.15) is 24.2 Å². The number of carbonyl (C=O) groups excluding carboxylic acids is 1. The van der Waals surface area contributed by atoms with E-state index in [1.165, 1.54) is 18.2 Å². The van der Waals surface area contributed by atoms with Crippen molar-refractivity contribution in [3.63, 3.8) is 0 Å². The third-order valence-electron chi connectivity index (χ3n) is 1.97. The summed E-state index contributed by atoms with van der Waals surface area (Å²) in [6.07, 6.45) is 0. The lowest BCUT2D eigenvalue weighted by molar-refractivity contribution is 0.0865. The lowest BCUT2D eigenvalue weighted by Gasteiger charge is -2.23. The van der Waals surface area contributed by atoms with Crippen LogP contribution in [-0.2, 0) is 0 Å². The van der Waals surface area contributed by atoms with Crippen molar-refractivity contribution in [2.75, 3.05) is 6.61 Å². The standard InChI is InChI=1S/C11H14FNO2/c1-11(2,7-14)13-10(15)8-5-3-4-6-9(8)12/h3-6,14H,7H2,1-2H3,(H,13,15). The summed E-state index contributed by atoms with van der Waals surface area (Å²) in [4.78, 5) is 11.6. The molecule has 0 aliphatic heterocycles. The van der Waals surface area contributed by atoms with Gasteiger partial charge in [-0.15, -0.1) is 0 Å². The molecule has 0 aromatic heterocycles. The van der Waals surface area contributed by atoms with E-state index in [-0.39, 0.29) is 12.2 Å². The van der Waals surface area contributed by atoms with E-state index in [0.717, 1.165) is 0 Å². The van der Waals surface area contributed by atoms with Crippen molar-refractivity contribution < 1.29 is 14.3 Å². The summed E-state index contributed by atoms with van der Waals surface area (Å²) in [5.41, 5.74) is -0.765. The van der Waals surface area contributed by atoms with Crippen LogP contribution in [-0.4, -0.2) is 23.2 Å². The molecule has 0 saturated carbocycles. The van der Waals surface area contributed by atoms with Gasteiger partial charge in [0.1, 0.15) is 5.82 Å². The predicted octanol–water partition coefficient (Wildman–Crippen LogP) is 1.33. The zero-order valence-electron chi connectivity index (χ0n) is 8.75. The molecule has 1 aromatic rings. The Balaban J connectivity index is 2.83. The average molecular weight is 211 g/mol. The summed E-state index contributed by atoms with van der Waals surface area (Å²) in [6.45, 7) is 3.12. The van der Waals surface area contributed by atoms with Crippen LogP contribution >= 0.6 is 0 Å². The first kappa shape index (κ1) is 11.7. The van der Waals surface area contributed by atoms with Crippen LogP contribution in [0.15, 0.2) is 24.3 Å². The maximum Gasteiger partial charge on any atom is 0.254 e. The Morgan fingerprint density at radius 2 is 2.07 bits per heavy atom. The molecule has 4 heteroatoms. The first-order valence-corrected chi connectivity index (χ1v) is 4.64. The molecule has 0 spiro atoms. The summed E-state index contributed by atoms with van der Waals surface area (Å²) in [7, 11) is 0. The van der Waals surface area contributed by atoms with Crippen molar-refractivity contribution in [1.82, 2.24) is 5.32 Å². The first-order valence-electron chi connectivity index (χ1n) is 4.64. The minimum absolute atomic E-state index is 0.0148. The fourth-order valence-corrected chi connectivity index (χ4v) is 1.06. The fourth-order valence-electron chi connectivity index (χ4n) is 1.06. The van der Waals surface area contributed by atoms with Gasteiger partial charge < -0.3 is 10.4 Å². The number of nitrogens with one attached hydrogen (secondary N) is 1. The highest BCUT2D eigenvalue weighted by atomic mass is 19.1. The molecule has 0 heterocycles. The Labute approximate surface area is 87.9 Å². The summed E-state index contributed by atoms with van der Waals surface area (Å²) in [6, 6.07) is 5.73. The molecule has 82 valence electrons. The zero-order valence-corrected chi connectivity index (χ0v) is 8.75. The van der Waals surface area contributed by atoms with Crippen LogP contribution in [0.25, 0.3) is 0 Å². The maximum absolute atomic E-state index is 13.2. The molecule has 0 aliphatic carbocycles. The molecule has 1 rings (SSSR count). The van der Waals surface area contributed by atoms with E-state index >= 15 is 0 Å². The Kier molecular flexibility index (Phi) is 3.42. The second-order valence-electron chi connectivity index (χ2n) is 3.98. The summed E-state index contributed by atoms with van der Waals surface area (Å²) in [5.74, 6) is -1.09. The smallest absolute Gasteiger partial charge is 0.254 e. The van der Waals surface area contributed by atoms with E-state index in [9.17, 15) is 9.18 Å². The highest BCUT2D eigenvalue weighted by Gasteiger charge is 2.21. The molecule has 0 unspecified atom stereocenters. The molecule has 15 heavy (non-hydrogen) atoms. The second-order valence-corrected chi connectivity index (χ2v) is 3.98. The molecule has 0 atom stereocenters. The van der Waals surface area contributed by atoms with Gasteiger partial charge in [-0.25, -0.2) is 4.39 Å². The number of halogens is 1. The van der Waals surface area contributed by atoms with Crippen molar-refractivity contribution in [2.24, 2.45) is 0 Å². The number of hydrogen-bond donors (Lipinski definition) is 2. The highest BCUT2D eigenvalue weighted by Crippen LogP contribution is 2.08. The number of amides is 1. The second kappa shape index (κ2) is 4.40. The topological polar surface area (TPSA) is 49.3 Å². The van der Waals surface area contributed by atoms with E-state index in [1.54, 1.807) is 19.9 Å². The van der Waals surface area contributed by atoms with Gasteiger partial charge in [0.2, 0.25) is 0 Å². The number of aliphatic hydroxyl groups excluding tert-OH is 1. The van der Waals surface area contributed by atoms with E-state index in [4.69, 9.17) is 5.11 Å². The van der Waals surface area contributed by atoms with Gasteiger partial charge in [0.05, 0.1) is 17.7 Å². The SMILES string of the molecule is CC(C)(CO)NC(=O)c1ccccc1F. The Morgan fingerprint density at radius 1 is 1.47 bits per heavy atom. The molecular weight excluding hydrogens is 197 g/mol. The van der Waals surface area contributed by atoms with Gasteiger partial charge in [0.25, 0.3) is 5.91 Å². The zero-order chi connectivity index (χ0) is 11.5. The molecule has 2 N–H and O–H groups in total. The lowest BCUT2D eigenvalue weighted by atomic mass is 10.1. The van der Waals surface area contributed by atoms with Gasteiger partial charge in [-0.3, -0.25) is 4.79 Å². The van der Waals surface area contributed by atoms with E-state index < -0.39 is 17.3 Å². The van der Waals surface area contributed by atoms with Gasteiger partial charge in [-0.2, -0.15) is 0 Å². The Morgan fingerprint density at radius 3 is 2.60 bits per heavy atom. The van der Waals surface area contributed by atoms with Crippen molar-refractivity contribution in [3.05, 3.63) is 35.6 Å². The third kappa shape index (κ3) is 3.02. The number of benzene rings is 1. The average Bonchev–Trinajstić information content (AvgIpc) is 2.17. The molecule has 0 aliphatic rings. The number of rotatable bonds is 3. The number of aliphatic hydroxyl groups is 1. The van der Waals surface area contributed by atoms with Crippen molar-refractivity contribution in [1.29, 1.82) is 0 Å². The Hall–Kier alpha value is -1.42. The van der Waals surface area contributed by atoms with Crippen LogP contribution < -0.4 is 5.32 Å². The lowest BCUT2D eigenvalue weighted by Crippen LogP contribution is -2.46. The fraction of sp³-hybridized carbons (Fsp3) is 0.364. The van der Waals surface area contributed by atoms with Crippen LogP contribution in [0.2, 0.25) is 0 Å². The molecule has 0 saturated heterocycles. The number of carbonyl (C=O) groups is 1. The van der Waals surface area contributed by atoms with E-state index in [1.807, 2.05) is 0 Å². The van der Waals surface area contributed by atoms with Crippen molar-refractivity contribution in [2.45, 2.75) is 19.4 Å². The van der Waals surface area contributed by atoms with Crippen molar-refractivity contribution in [3.8, 4) is 0 Å². The Bertz CT molecular complexity index is 363. The maximum atomic E-state index is 13.2.